The number of nitrogens with zero attached hydrogens (tertiary/aromatic N) is 4. The van der Waals surface area contributed by atoms with E-state index in [9.17, 15) is 26.7 Å². The molecule has 0 bridgehead atoms. The number of esters is 1. The molecule has 0 N–H and O–H groups in total. The van der Waals surface area contributed by atoms with E-state index in [0.29, 0.717) is 17.0 Å². The fraction of sp³-hybridized carbons (Fsp3) is 0.214. The van der Waals surface area contributed by atoms with Crippen molar-refractivity contribution in [1.82, 2.24) is 19.7 Å². The van der Waals surface area contributed by atoms with Gasteiger partial charge >= 0.3 is 12.1 Å². The van der Waals surface area contributed by atoms with E-state index in [-0.39, 0.29) is 35.7 Å². The molecule has 12 heteroatoms. The number of aromatic nitrogens is 4. The lowest BCUT2D eigenvalue weighted by molar-refractivity contribution is -0.147. The van der Waals surface area contributed by atoms with Crippen LogP contribution >= 0.6 is 0 Å². The van der Waals surface area contributed by atoms with Crippen LogP contribution in [0, 0.1) is 11.6 Å². The second kappa shape index (κ2) is 10.2. The molecule has 0 saturated heterocycles. The lowest BCUT2D eigenvalue weighted by Crippen LogP contribution is -2.38. The summed E-state index contributed by atoms with van der Waals surface area (Å²) in [5, 5.41) is 4.28. The fourth-order valence-electron chi connectivity index (χ4n) is 4.64. The summed E-state index contributed by atoms with van der Waals surface area (Å²) in [5.74, 6) is -2.91. The van der Waals surface area contributed by atoms with Crippen LogP contribution in [0.3, 0.4) is 0 Å². The first-order chi connectivity index (χ1) is 19.1. The molecule has 5 rings (SSSR count). The molecule has 206 valence electrons. The van der Waals surface area contributed by atoms with E-state index in [4.69, 9.17) is 9.47 Å². The Morgan fingerprint density at radius 2 is 1.88 bits per heavy atom. The average molecular weight is 556 g/mol. The standard InChI is InChI=1S/C28H21F5N4O3/c1-39-17-6-7-19(20(12-17)28(31,32)33)27(26(38)40-2)10-8-16(9-11-27)14-37-15-23-22(13-34-37)35-25(36-23)18-4-3-5-21(29)24(18)30/h3-10,12-13,15H,11,14H2,1-2H3. The van der Waals surface area contributed by atoms with Gasteiger partial charge in [0.05, 0.1) is 44.3 Å². The van der Waals surface area contributed by atoms with Crippen LogP contribution in [0.2, 0.25) is 0 Å². The highest BCUT2D eigenvalue weighted by Crippen LogP contribution is 2.44. The molecule has 0 amide bonds. The van der Waals surface area contributed by atoms with Gasteiger partial charge < -0.3 is 9.47 Å². The Hall–Kier alpha value is -4.61. The van der Waals surface area contributed by atoms with Gasteiger partial charge in [-0.15, -0.1) is 0 Å². The van der Waals surface area contributed by atoms with E-state index in [1.54, 1.807) is 18.3 Å². The number of benzene rings is 2. The van der Waals surface area contributed by atoms with Crippen molar-refractivity contribution in [3.63, 3.8) is 0 Å². The van der Waals surface area contributed by atoms with Crippen molar-refractivity contribution >= 4 is 5.97 Å². The number of alkyl halides is 3. The zero-order valence-electron chi connectivity index (χ0n) is 21.2. The van der Waals surface area contributed by atoms with Gasteiger partial charge in [-0.05, 0) is 41.8 Å². The van der Waals surface area contributed by atoms with Gasteiger partial charge in [-0.1, -0.05) is 30.4 Å². The second-order valence-corrected chi connectivity index (χ2v) is 9.08. The molecule has 1 unspecified atom stereocenters. The van der Waals surface area contributed by atoms with Crippen molar-refractivity contribution in [2.75, 3.05) is 14.2 Å². The molecule has 1 atom stereocenters. The van der Waals surface area contributed by atoms with Gasteiger partial charge in [0.2, 0.25) is 0 Å². The first kappa shape index (κ1) is 27.0. The maximum Gasteiger partial charge on any atom is 0.416 e. The molecule has 2 aromatic rings. The van der Waals surface area contributed by atoms with Crippen LogP contribution in [-0.2, 0) is 27.7 Å². The minimum atomic E-state index is -4.74. The molecule has 2 aliphatic heterocycles. The predicted molar refractivity (Wildman–Crippen MR) is 133 cm³/mol. The monoisotopic (exact) mass is 556 g/mol. The van der Waals surface area contributed by atoms with Crippen LogP contribution in [0.5, 0.6) is 5.75 Å². The number of allylic oxidation sites excluding steroid dienone is 3. The molecule has 2 aromatic carbocycles. The van der Waals surface area contributed by atoms with E-state index in [0.717, 1.165) is 19.2 Å². The zero-order valence-corrected chi connectivity index (χ0v) is 21.2. The smallest absolute Gasteiger partial charge is 0.416 e. The van der Waals surface area contributed by atoms with Gasteiger partial charge in [-0.2, -0.15) is 18.3 Å². The first-order valence-corrected chi connectivity index (χ1v) is 11.9. The minimum absolute atomic E-state index is 0.00360. The average Bonchev–Trinajstić information content (AvgIpc) is 3.37. The maximum atomic E-state index is 14.2. The molecule has 7 nitrogen and oxygen atoms in total. The van der Waals surface area contributed by atoms with Crippen LogP contribution in [0.15, 0.2) is 72.6 Å². The normalized spacial score (nSPS) is 17.1. The number of methoxy groups -OCH3 is 2. The van der Waals surface area contributed by atoms with Crippen molar-refractivity contribution in [3.05, 3.63) is 95.4 Å². The largest absolute Gasteiger partial charge is 0.497 e. The third-order valence-electron chi connectivity index (χ3n) is 6.68. The molecular formula is C28H21F5N4O3. The van der Waals surface area contributed by atoms with Crippen molar-refractivity contribution in [1.29, 1.82) is 0 Å². The van der Waals surface area contributed by atoms with Gasteiger partial charge in [-0.25, -0.2) is 18.7 Å². The summed E-state index contributed by atoms with van der Waals surface area (Å²) in [6.07, 6.45) is 2.73. The Kier molecular flexibility index (Phi) is 6.86. The van der Waals surface area contributed by atoms with Crippen molar-refractivity contribution in [2.24, 2.45) is 0 Å². The summed E-state index contributed by atoms with van der Waals surface area (Å²) in [6.45, 7) is 0.189. The molecule has 40 heavy (non-hydrogen) atoms. The summed E-state index contributed by atoms with van der Waals surface area (Å²) in [6, 6.07) is 7.16. The summed E-state index contributed by atoms with van der Waals surface area (Å²) in [7, 11) is 2.37. The zero-order chi connectivity index (χ0) is 28.7. The van der Waals surface area contributed by atoms with Crippen LogP contribution < -0.4 is 4.74 Å². The summed E-state index contributed by atoms with van der Waals surface area (Å²) in [5.41, 5.74) is -1.64. The minimum Gasteiger partial charge on any atom is -0.497 e. The third-order valence-corrected chi connectivity index (χ3v) is 6.68. The van der Waals surface area contributed by atoms with Crippen LogP contribution in [0.25, 0.3) is 22.8 Å². The van der Waals surface area contributed by atoms with Gasteiger partial charge in [0.1, 0.15) is 22.6 Å². The number of imidazole rings is 1. The van der Waals surface area contributed by atoms with Crippen molar-refractivity contribution in [2.45, 2.75) is 24.6 Å². The maximum absolute atomic E-state index is 14.2. The molecule has 1 aliphatic carbocycles. The Bertz CT molecular complexity index is 1630. The first-order valence-electron chi connectivity index (χ1n) is 11.9. The quantitative estimate of drug-likeness (QED) is 0.222. The lowest BCUT2D eigenvalue weighted by atomic mass is 9.72. The van der Waals surface area contributed by atoms with E-state index >= 15 is 0 Å². The number of rotatable bonds is 6. The SMILES string of the molecule is COC(=O)C1(c2ccc(OC)cc2C(F)(F)F)C=CC(Cn2cc3nc(-c4cccc(F)c4F)nc-3cn2)=CC1. The second-order valence-electron chi connectivity index (χ2n) is 9.08. The Morgan fingerprint density at radius 3 is 2.55 bits per heavy atom. The number of carbonyl (C=O) groups is 1. The van der Waals surface area contributed by atoms with Gasteiger partial charge in [0.25, 0.3) is 0 Å². The molecule has 0 spiro atoms. The van der Waals surface area contributed by atoms with Crippen LogP contribution in [0.1, 0.15) is 17.5 Å². The number of hydrogen-bond donors (Lipinski definition) is 0. The molecular weight excluding hydrogens is 535 g/mol. The number of fused-ring (bicyclic) bond motifs is 1. The van der Waals surface area contributed by atoms with Crippen molar-refractivity contribution in [3.8, 4) is 28.5 Å². The Morgan fingerprint density at radius 1 is 1.10 bits per heavy atom. The number of hydrogen-bond acceptors (Lipinski definition) is 6. The van der Waals surface area contributed by atoms with E-state index < -0.39 is 34.8 Å². The number of carbonyl (C=O) groups excluding carboxylic acids is 1. The van der Waals surface area contributed by atoms with E-state index in [1.807, 2.05) is 0 Å². The molecule has 0 aromatic heterocycles. The number of ether oxygens (including phenoxy) is 2. The molecule has 0 radical (unpaired) electrons. The molecule has 0 fully saturated rings. The van der Waals surface area contributed by atoms with Gasteiger partial charge in [0, 0.05) is 0 Å². The third kappa shape index (κ3) is 4.80. The van der Waals surface area contributed by atoms with E-state index in [1.165, 1.54) is 48.3 Å². The highest BCUT2D eigenvalue weighted by atomic mass is 19.4. The van der Waals surface area contributed by atoms with Crippen molar-refractivity contribution < 1.29 is 36.2 Å². The predicted octanol–water partition coefficient (Wildman–Crippen LogP) is 5.75. The number of halogens is 5. The summed E-state index contributed by atoms with van der Waals surface area (Å²) in [4.78, 5) is 21.4. The van der Waals surface area contributed by atoms with Crippen LogP contribution in [-0.4, -0.2) is 39.9 Å². The van der Waals surface area contributed by atoms with E-state index in [2.05, 4.69) is 15.1 Å². The van der Waals surface area contributed by atoms with Gasteiger partial charge in [-0.3, -0.25) is 9.48 Å². The van der Waals surface area contributed by atoms with Gasteiger partial charge in [0.15, 0.2) is 17.5 Å². The molecule has 2 heterocycles. The molecule has 3 aliphatic rings. The Balaban J connectivity index is 1.44. The van der Waals surface area contributed by atoms with Crippen LogP contribution in [0.4, 0.5) is 22.0 Å². The summed E-state index contributed by atoms with van der Waals surface area (Å²) < 4.78 is 81.2. The Labute approximate surface area is 224 Å². The summed E-state index contributed by atoms with van der Waals surface area (Å²) >= 11 is 0. The highest BCUT2D eigenvalue weighted by molar-refractivity contribution is 5.87. The highest BCUT2D eigenvalue weighted by Gasteiger charge is 2.46. The topological polar surface area (TPSA) is 79.1 Å². The lowest BCUT2D eigenvalue weighted by Gasteiger charge is -2.32. The molecule has 0 saturated carbocycles. The fourth-order valence-corrected chi connectivity index (χ4v) is 4.64.